The first-order chi connectivity index (χ1) is 7.66. The van der Waals surface area contributed by atoms with Crippen LogP contribution in [0.2, 0.25) is 0 Å². The van der Waals surface area contributed by atoms with Crippen molar-refractivity contribution in [1.29, 1.82) is 0 Å². The summed E-state index contributed by atoms with van der Waals surface area (Å²) in [5.41, 5.74) is 0.964. The van der Waals surface area contributed by atoms with Gasteiger partial charge < -0.3 is 9.84 Å². The monoisotopic (exact) mass is 223 g/mol. The van der Waals surface area contributed by atoms with E-state index in [9.17, 15) is 0 Å². The van der Waals surface area contributed by atoms with Gasteiger partial charge in [-0.15, -0.1) is 0 Å². The summed E-state index contributed by atoms with van der Waals surface area (Å²) in [5.74, 6) is 1.64. The van der Waals surface area contributed by atoms with E-state index in [1.165, 1.54) is 0 Å². The predicted octanol–water partition coefficient (Wildman–Crippen LogP) is 1.41. The maximum absolute atomic E-state index is 5.28. The first-order valence-electron chi connectivity index (χ1n) is 6.04. The summed E-state index contributed by atoms with van der Waals surface area (Å²) < 4.78 is 5.28. The SMILES string of the molecule is Cc1cc(CN2CCNCC2C(C)C)on1. The molecule has 0 amide bonds. The van der Waals surface area contributed by atoms with Gasteiger partial charge >= 0.3 is 0 Å². The number of rotatable bonds is 3. The number of aromatic nitrogens is 1. The molecule has 2 heterocycles. The van der Waals surface area contributed by atoms with E-state index in [1.807, 2.05) is 13.0 Å². The Morgan fingerprint density at radius 1 is 1.62 bits per heavy atom. The van der Waals surface area contributed by atoms with Crippen molar-refractivity contribution in [2.45, 2.75) is 33.4 Å². The van der Waals surface area contributed by atoms with Gasteiger partial charge in [-0.1, -0.05) is 19.0 Å². The van der Waals surface area contributed by atoms with Crippen molar-refractivity contribution >= 4 is 0 Å². The molecule has 0 saturated carbocycles. The fourth-order valence-electron chi connectivity index (χ4n) is 2.31. The summed E-state index contributed by atoms with van der Waals surface area (Å²) in [6.07, 6.45) is 0. The Labute approximate surface area is 97.0 Å². The van der Waals surface area contributed by atoms with Gasteiger partial charge in [-0.3, -0.25) is 4.90 Å². The average molecular weight is 223 g/mol. The second kappa shape index (κ2) is 4.97. The molecule has 1 N–H and O–H groups in total. The lowest BCUT2D eigenvalue weighted by Gasteiger charge is -2.37. The summed E-state index contributed by atoms with van der Waals surface area (Å²) in [6, 6.07) is 2.62. The smallest absolute Gasteiger partial charge is 0.150 e. The molecule has 4 heteroatoms. The van der Waals surface area contributed by atoms with Crippen LogP contribution in [0.3, 0.4) is 0 Å². The number of hydrogen-bond donors (Lipinski definition) is 1. The lowest BCUT2D eigenvalue weighted by molar-refractivity contribution is 0.106. The number of nitrogens with zero attached hydrogens (tertiary/aromatic N) is 2. The lowest BCUT2D eigenvalue weighted by atomic mass is 10.0. The van der Waals surface area contributed by atoms with Crippen LogP contribution >= 0.6 is 0 Å². The third-order valence-corrected chi connectivity index (χ3v) is 3.20. The predicted molar refractivity (Wildman–Crippen MR) is 63.1 cm³/mol. The van der Waals surface area contributed by atoms with E-state index in [0.29, 0.717) is 12.0 Å². The van der Waals surface area contributed by atoms with E-state index in [4.69, 9.17) is 4.52 Å². The Morgan fingerprint density at radius 3 is 3.06 bits per heavy atom. The van der Waals surface area contributed by atoms with Crippen molar-refractivity contribution in [2.24, 2.45) is 5.92 Å². The molecule has 1 saturated heterocycles. The van der Waals surface area contributed by atoms with Crippen LogP contribution in [-0.2, 0) is 6.54 Å². The van der Waals surface area contributed by atoms with E-state index < -0.39 is 0 Å². The van der Waals surface area contributed by atoms with Crippen LogP contribution in [0.5, 0.6) is 0 Å². The number of piperazine rings is 1. The van der Waals surface area contributed by atoms with E-state index in [0.717, 1.165) is 37.6 Å². The summed E-state index contributed by atoms with van der Waals surface area (Å²) in [4.78, 5) is 2.49. The molecule has 0 spiro atoms. The first-order valence-corrected chi connectivity index (χ1v) is 6.04. The summed E-state index contributed by atoms with van der Waals surface area (Å²) in [6.45, 7) is 10.6. The molecule has 1 fully saturated rings. The third-order valence-electron chi connectivity index (χ3n) is 3.20. The molecule has 16 heavy (non-hydrogen) atoms. The number of hydrogen-bond acceptors (Lipinski definition) is 4. The molecule has 2 rings (SSSR count). The second-order valence-electron chi connectivity index (χ2n) is 4.92. The highest BCUT2D eigenvalue weighted by Crippen LogP contribution is 2.16. The van der Waals surface area contributed by atoms with Crippen molar-refractivity contribution in [3.8, 4) is 0 Å². The standard InChI is InChI=1S/C12H21N3O/c1-9(2)12-7-13-4-5-15(12)8-11-6-10(3)14-16-11/h6,9,12-13H,4-5,7-8H2,1-3H3. The fraction of sp³-hybridized carbons (Fsp3) is 0.750. The molecule has 1 unspecified atom stereocenters. The zero-order valence-electron chi connectivity index (χ0n) is 10.4. The molecule has 1 atom stereocenters. The minimum absolute atomic E-state index is 0.596. The normalized spacial score (nSPS) is 22.9. The van der Waals surface area contributed by atoms with E-state index in [-0.39, 0.29) is 0 Å². The van der Waals surface area contributed by atoms with Gasteiger partial charge in [-0.05, 0) is 12.8 Å². The van der Waals surface area contributed by atoms with Crippen molar-refractivity contribution in [3.05, 3.63) is 17.5 Å². The summed E-state index contributed by atoms with van der Waals surface area (Å²) in [5, 5.41) is 7.38. The van der Waals surface area contributed by atoms with Gasteiger partial charge in [0.05, 0.1) is 12.2 Å². The highest BCUT2D eigenvalue weighted by atomic mass is 16.5. The van der Waals surface area contributed by atoms with E-state index in [2.05, 4.69) is 29.2 Å². The van der Waals surface area contributed by atoms with Gasteiger partial charge in [0.25, 0.3) is 0 Å². The van der Waals surface area contributed by atoms with E-state index >= 15 is 0 Å². The van der Waals surface area contributed by atoms with Crippen LogP contribution < -0.4 is 5.32 Å². The van der Waals surface area contributed by atoms with Crippen molar-refractivity contribution < 1.29 is 4.52 Å². The maximum Gasteiger partial charge on any atom is 0.150 e. The molecule has 0 aliphatic carbocycles. The van der Waals surface area contributed by atoms with Crippen LogP contribution in [0.25, 0.3) is 0 Å². The Hall–Kier alpha value is -0.870. The summed E-state index contributed by atoms with van der Waals surface area (Å²) >= 11 is 0. The Kier molecular flexibility index (Phi) is 3.61. The van der Waals surface area contributed by atoms with Gasteiger partial charge in [-0.25, -0.2) is 0 Å². The Bertz CT molecular complexity index is 335. The molecule has 90 valence electrons. The highest BCUT2D eigenvalue weighted by molar-refractivity contribution is 5.03. The molecular formula is C12H21N3O. The number of aryl methyl sites for hydroxylation is 1. The average Bonchev–Trinajstić information content (AvgIpc) is 2.64. The largest absolute Gasteiger partial charge is 0.360 e. The molecule has 1 aliphatic rings. The topological polar surface area (TPSA) is 41.3 Å². The molecular weight excluding hydrogens is 202 g/mol. The van der Waals surface area contributed by atoms with E-state index in [1.54, 1.807) is 0 Å². The molecule has 1 aromatic heterocycles. The van der Waals surface area contributed by atoms with Gasteiger partial charge in [0, 0.05) is 31.7 Å². The molecule has 0 bridgehead atoms. The second-order valence-corrected chi connectivity index (χ2v) is 4.92. The van der Waals surface area contributed by atoms with Gasteiger partial charge in [0.2, 0.25) is 0 Å². The van der Waals surface area contributed by atoms with Gasteiger partial charge in [-0.2, -0.15) is 0 Å². The molecule has 1 aliphatic heterocycles. The van der Waals surface area contributed by atoms with Crippen LogP contribution in [0.1, 0.15) is 25.3 Å². The van der Waals surface area contributed by atoms with Crippen LogP contribution in [-0.4, -0.2) is 35.7 Å². The zero-order chi connectivity index (χ0) is 11.5. The van der Waals surface area contributed by atoms with Crippen LogP contribution in [0.4, 0.5) is 0 Å². The minimum atomic E-state index is 0.596. The molecule has 1 aromatic rings. The molecule has 4 nitrogen and oxygen atoms in total. The first kappa shape index (κ1) is 11.6. The quantitative estimate of drug-likeness (QED) is 0.841. The van der Waals surface area contributed by atoms with Gasteiger partial charge in [0.15, 0.2) is 5.76 Å². The summed E-state index contributed by atoms with van der Waals surface area (Å²) in [7, 11) is 0. The van der Waals surface area contributed by atoms with Gasteiger partial charge in [0.1, 0.15) is 0 Å². The minimum Gasteiger partial charge on any atom is -0.360 e. The van der Waals surface area contributed by atoms with Crippen molar-refractivity contribution in [1.82, 2.24) is 15.4 Å². The highest BCUT2D eigenvalue weighted by Gasteiger charge is 2.25. The lowest BCUT2D eigenvalue weighted by Crippen LogP contribution is -2.52. The maximum atomic E-state index is 5.28. The Balaban J connectivity index is 2.01. The molecule has 0 aromatic carbocycles. The number of nitrogens with one attached hydrogen (secondary N) is 1. The molecule has 0 radical (unpaired) electrons. The fourth-order valence-corrected chi connectivity index (χ4v) is 2.31. The Morgan fingerprint density at radius 2 is 2.44 bits per heavy atom. The van der Waals surface area contributed by atoms with Crippen LogP contribution in [0.15, 0.2) is 10.6 Å². The van der Waals surface area contributed by atoms with Crippen molar-refractivity contribution in [3.63, 3.8) is 0 Å². The van der Waals surface area contributed by atoms with Crippen LogP contribution in [0, 0.1) is 12.8 Å². The third kappa shape index (κ3) is 2.62. The van der Waals surface area contributed by atoms with Crippen molar-refractivity contribution in [2.75, 3.05) is 19.6 Å². The zero-order valence-corrected chi connectivity index (χ0v) is 10.4.